The van der Waals surface area contributed by atoms with E-state index < -0.39 is 0 Å². The first kappa shape index (κ1) is 30.3. The monoisotopic (exact) mass is 618 g/mol. The molecule has 0 fully saturated rings. The largest absolute Gasteiger partial charge is 0.381 e. The number of fused-ring (bicyclic) bond motifs is 2. The van der Waals surface area contributed by atoms with E-state index in [-0.39, 0.29) is 23.6 Å². The van der Waals surface area contributed by atoms with Crippen LogP contribution in [-0.4, -0.2) is 72.9 Å². The van der Waals surface area contributed by atoms with Gasteiger partial charge in [-0.1, -0.05) is 51.0 Å². The maximum absolute atomic E-state index is 13.7. The van der Waals surface area contributed by atoms with E-state index in [1.165, 1.54) is 9.80 Å². The number of amides is 4. The van der Waals surface area contributed by atoms with Crippen LogP contribution in [0, 0.1) is 0 Å². The SMILES string of the molecule is CCCCOCCCN1C(=O)c2ccc3c4ccc5c6c(ccc(c7ccc(c2c37)C1=O)c64)C(=O)N(CCCOCCCC)C5=O. The van der Waals surface area contributed by atoms with E-state index in [1.807, 2.05) is 48.5 Å². The number of benzene rings is 5. The van der Waals surface area contributed by atoms with Crippen LogP contribution in [0.25, 0.3) is 43.1 Å². The molecular formula is C38H38N2O6. The van der Waals surface area contributed by atoms with Crippen LogP contribution < -0.4 is 0 Å². The fourth-order valence-electron chi connectivity index (χ4n) is 7.12. The molecule has 8 heteroatoms. The van der Waals surface area contributed by atoms with Gasteiger partial charge in [0, 0.05) is 72.5 Å². The van der Waals surface area contributed by atoms with E-state index >= 15 is 0 Å². The van der Waals surface area contributed by atoms with Crippen LogP contribution in [0.4, 0.5) is 0 Å². The Morgan fingerprint density at radius 3 is 1.04 bits per heavy atom. The Balaban J connectivity index is 1.27. The summed E-state index contributed by atoms with van der Waals surface area (Å²) in [6, 6.07) is 15.0. The Morgan fingerprint density at radius 2 is 0.739 bits per heavy atom. The Bertz CT molecular complexity index is 1770. The van der Waals surface area contributed by atoms with Crippen LogP contribution in [0.2, 0.25) is 0 Å². The summed E-state index contributed by atoms with van der Waals surface area (Å²) in [5, 5.41) is 6.58. The molecule has 0 N–H and O–H groups in total. The topological polar surface area (TPSA) is 93.2 Å². The maximum atomic E-state index is 13.7. The zero-order valence-electron chi connectivity index (χ0n) is 26.4. The minimum absolute atomic E-state index is 0.294. The van der Waals surface area contributed by atoms with Gasteiger partial charge in [-0.3, -0.25) is 29.0 Å². The van der Waals surface area contributed by atoms with Gasteiger partial charge in [0.25, 0.3) is 23.6 Å². The van der Waals surface area contributed by atoms with Gasteiger partial charge in [0.2, 0.25) is 0 Å². The summed E-state index contributed by atoms with van der Waals surface area (Å²) >= 11 is 0. The van der Waals surface area contributed by atoms with E-state index in [2.05, 4.69) is 13.8 Å². The summed E-state index contributed by atoms with van der Waals surface area (Å²) in [7, 11) is 0. The Morgan fingerprint density at radius 1 is 0.435 bits per heavy atom. The second-order valence-corrected chi connectivity index (χ2v) is 12.3. The first-order valence-electron chi connectivity index (χ1n) is 16.6. The van der Waals surface area contributed by atoms with Gasteiger partial charge in [0.05, 0.1) is 0 Å². The molecule has 2 aliphatic rings. The smallest absolute Gasteiger partial charge is 0.261 e. The molecule has 5 aromatic carbocycles. The second kappa shape index (κ2) is 12.4. The van der Waals surface area contributed by atoms with Crippen molar-refractivity contribution < 1.29 is 28.7 Å². The van der Waals surface area contributed by atoms with E-state index in [0.717, 1.165) is 58.0 Å². The van der Waals surface area contributed by atoms with E-state index in [9.17, 15) is 19.2 Å². The van der Waals surface area contributed by atoms with Gasteiger partial charge in [-0.2, -0.15) is 0 Å². The number of carbonyl (C=O) groups excluding carboxylic acids is 4. The zero-order valence-corrected chi connectivity index (χ0v) is 26.4. The highest BCUT2D eigenvalue weighted by atomic mass is 16.5. The highest BCUT2D eigenvalue weighted by molar-refractivity contribution is 6.41. The van der Waals surface area contributed by atoms with Crippen molar-refractivity contribution in [2.75, 3.05) is 39.5 Å². The fourth-order valence-corrected chi connectivity index (χ4v) is 7.12. The van der Waals surface area contributed by atoms with Gasteiger partial charge in [0.15, 0.2) is 0 Å². The summed E-state index contributed by atoms with van der Waals surface area (Å²) < 4.78 is 11.3. The quantitative estimate of drug-likeness (QED) is 0.0560. The van der Waals surface area contributed by atoms with E-state index in [4.69, 9.17) is 9.47 Å². The van der Waals surface area contributed by atoms with Gasteiger partial charge < -0.3 is 9.47 Å². The van der Waals surface area contributed by atoms with Gasteiger partial charge in [-0.25, -0.2) is 0 Å². The molecule has 0 saturated heterocycles. The number of hydrogen-bond donors (Lipinski definition) is 0. The van der Waals surface area contributed by atoms with Crippen molar-refractivity contribution >= 4 is 66.7 Å². The predicted octanol–water partition coefficient (Wildman–Crippen LogP) is 7.34. The lowest BCUT2D eigenvalue weighted by molar-refractivity contribution is 0.0567. The minimum Gasteiger partial charge on any atom is -0.381 e. The van der Waals surface area contributed by atoms with Crippen molar-refractivity contribution in [1.29, 1.82) is 0 Å². The summed E-state index contributed by atoms with van der Waals surface area (Å²) in [5.41, 5.74) is 2.04. The molecule has 0 radical (unpaired) electrons. The molecule has 0 aliphatic carbocycles. The van der Waals surface area contributed by atoms with Crippen molar-refractivity contribution in [1.82, 2.24) is 9.80 Å². The highest BCUT2D eigenvalue weighted by Crippen LogP contribution is 2.46. The number of rotatable bonds is 14. The lowest BCUT2D eigenvalue weighted by atomic mass is 9.82. The number of hydrogen-bond acceptors (Lipinski definition) is 6. The van der Waals surface area contributed by atoms with E-state index in [0.29, 0.717) is 85.4 Å². The highest BCUT2D eigenvalue weighted by Gasteiger charge is 2.36. The molecule has 0 spiro atoms. The van der Waals surface area contributed by atoms with Crippen LogP contribution in [0.15, 0.2) is 48.5 Å². The Labute approximate surface area is 267 Å². The number of nitrogens with zero attached hydrogens (tertiary/aromatic N) is 2. The number of imide groups is 2. The van der Waals surface area contributed by atoms with Crippen molar-refractivity contribution in [2.45, 2.75) is 52.4 Å². The van der Waals surface area contributed by atoms with Crippen LogP contribution in [0.5, 0.6) is 0 Å². The second-order valence-electron chi connectivity index (χ2n) is 12.3. The lowest BCUT2D eigenvalue weighted by Crippen LogP contribution is -2.41. The van der Waals surface area contributed by atoms with Crippen molar-refractivity contribution in [3.8, 4) is 0 Å². The molecule has 0 aromatic heterocycles. The van der Waals surface area contributed by atoms with Gasteiger partial charge >= 0.3 is 0 Å². The molecule has 2 heterocycles. The molecule has 0 atom stereocenters. The number of carbonyl (C=O) groups is 4. The molecule has 4 amide bonds. The maximum Gasteiger partial charge on any atom is 0.261 e. The lowest BCUT2D eigenvalue weighted by Gasteiger charge is -2.30. The number of unbranched alkanes of at least 4 members (excludes halogenated alkanes) is 2. The zero-order chi connectivity index (χ0) is 31.9. The minimum atomic E-state index is -0.294. The summed E-state index contributed by atoms with van der Waals surface area (Å²) in [4.78, 5) is 57.5. The first-order valence-corrected chi connectivity index (χ1v) is 16.6. The van der Waals surface area contributed by atoms with Crippen molar-refractivity contribution in [3.05, 3.63) is 70.8 Å². The number of ether oxygens (including phenoxy) is 2. The third kappa shape index (κ3) is 4.74. The van der Waals surface area contributed by atoms with Crippen molar-refractivity contribution in [2.24, 2.45) is 0 Å². The standard InChI is InChI=1S/C38H38N2O6/c1-3-5-19-45-21-7-17-39-35(41)27-13-9-23-25-11-15-29-34-30(38(44)40(37(29)43)18-8-22-46-20-6-4-2)16-12-26(32(25)34)24-10-14-28(36(39)42)33(27)31(23)24/h9-16H,3-8,17-22H2,1-2H3. The van der Waals surface area contributed by atoms with Crippen LogP contribution >= 0.6 is 0 Å². The first-order chi connectivity index (χ1) is 22.5. The molecule has 0 unspecified atom stereocenters. The molecule has 0 saturated carbocycles. The van der Waals surface area contributed by atoms with E-state index in [1.54, 1.807) is 0 Å². The van der Waals surface area contributed by atoms with Gasteiger partial charge in [-0.05, 0) is 82.3 Å². The molecule has 8 nitrogen and oxygen atoms in total. The third-order valence-corrected chi connectivity index (χ3v) is 9.43. The third-order valence-electron chi connectivity index (χ3n) is 9.43. The molecule has 0 bridgehead atoms. The average molecular weight is 619 g/mol. The Kier molecular flexibility index (Phi) is 8.17. The average Bonchev–Trinajstić information content (AvgIpc) is 3.07. The van der Waals surface area contributed by atoms with Crippen LogP contribution in [-0.2, 0) is 9.47 Å². The van der Waals surface area contributed by atoms with Gasteiger partial charge in [-0.15, -0.1) is 0 Å². The van der Waals surface area contributed by atoms with Gasteiger partial charge in [0.1, 0.15) is 0 Å². The fraction of sp³-hybridized carbons (Fsp3) is 0.368. The van der Waals surface area contributed by atoms with Crippen molar-refractivity contribution in [3.63, 3.8) is 0 Å². The molecule has 46 heavy (non-hydrogen) atoms. The Hall–Kier alpha value is -4.40. The molecule has 236 valence electrons. The van der Waals surface area contributed by atoms with Crippen LogP contribution in [0.3, 0.4) is 0 Å². The molecule has 5 aromatic rings. The van der Waals surface area contributed by atoms with Crippen LogP contribution in [0.1, 0.15) is 93.8 Å². The molecule has 7 rings (SSSR count). The molecule has 2 aliphatic heterocycles. The normalized spacial score (nSPS) is 14.7. The summed E-state index contributed by atoms with van der Waals surface area (Å²) in [5.74, 6) is -1.17. The molecular weight excluding hydrogens is 580 g/mol. The predicted molar refractivity (Wildman–Crippen MR) is 179 cm³/mol. The summed E-state index contributed by atoms with van der Waals surface area (Å²) in [6.45, 7) is 7.17. The summed E-state index contributed by atoms with van der Waals surface area (Å²) in [6.07, 6.45) is 5.25.